The molecular weight excluding hydrogens is 240 g/mol. The number of hydrogen-bond donors (Lipinski definition) is 2. The second kappa shape index (κ2) is 6.71. The van der Waals surface area contributed by atoms with Gasteiger partial charge in [0.05, 0.1) is 6.61 Å². The molecule has 1 amide bonds. The molecule has 0 bridgehead atoms. The zero-order valence-electron chi connectivity index (χ0n) is 12.2. The predicted octanol–water partition coefficient (Wildman–Crippen LogP) is 1.53. The van der Waals surface area contributed by atoms with E-state index in [0.717, 1.165) is 38.8 Å². The Balaban J connectivity index is 2.01. The summed E-state index contributed by atoms with van der Waals surface area (Å²) in [5.41, 5.74) is -0.131. The second-order valence-electron chi connectivity index (χ2n) is 6.11. The summed E-state index contributed by atoms with van der Waals surface area (Å²) in [5, 5.41) is 12.7. The molecule has 0 aromatic carbocycles. The van der Waals surface area contributed by atoms with Crippen molar-refractivity contribution in [2.45, 2.75) is 57.9 Å². The molecule has 2 N–H and O–H groups in total. The summed E-state index contributed by atoms with van der Waals surface area (Å²) in [5.74, 6) is 0.287. The van der Waals surface area contributed by atoms with Crippen LogP contribution >= 0.6 is 0 Å². The maximum absolute atomic E-state index is 12.9. The molecule has 0 aromatic heterocycles. The fourth-order valence-electron chi connectivity index (χ4n) is 3.68. The number of nitrogens with zero attached hydrogens (tertiary/aromatic N) is 1. The van der Waals surface area contributed by atoms with E-state index in [1.807, 2.05) is 4.90 Å². The van der Waals surface area contributed by atoms with E-state index in [0.29, 0.717) is 12.6 Å². The average Bonchev–Trinajstić information content (AvgIpc) is 3.09. The molecular formula is C15H28N2O2. The minimum Gasteiger partial charge on any atom is -0.395 e. The highest BCUT2D eigenvalue weighted by Crippen LogP contribution is 2.42. The molecule has 2 fully saturated rings. The molecule has 1 unspecified atom stereocenters. The molecule has 0 spiro atoms. The quantitative estimate of drug-likeness (QED) is 0.768. The third kappa shape index (κ3) is 3.29. The summed E-state index contributed by atoms with van der Waals surface area (Å²) in [7, 11) is 0. The van der Waals surface area contributed by atoms with E-state index >= 15 is 0 Å². The molecule has 19 heavy (non-hydrogen) atoms. The maximum atomic E-state index is 12.9. The van der Waals surface area contributed by atoms with Crippen LogP contribution in [0, 0.1) is 5.41 Å². The van der Waals surface area contributed by atoms with Crippen LogP contribution in [0.2, 0.25) is 0 Å². The highest BCUT2D eigenvalue weighted by Gasteiger charge is 2.42. The lowest BCUT2D eigenvalue weighted by Crippen LogP contribution is -2.48. The van der Waals surface area contributed by atoms with Gasteiger partial charge in [0.2, 0.25) is 5.91 Å². The van der Waals surface area contributed by atoms with Crippen molar-refractivity contribution < 1.29 is 9.90 Å². The Hall–Kier alpha value is -0.610. The SMILES string of the molecule is CCC1(C(=O)N(CCO)CC2CCCN2)CCCC1. The van der Waals surface area contributed by atoms with Crippen LogP contribution in [0.4, 0.5) is 0 Å². The van der Waals surface area contributed by atoms with E-state index < -0.39 is 0 Å². The lowest BCUT2D eigenvalue weighted by Gasteiger charge is -2.35. The third-order valence-electron chi connectivity index (χ3n) is 4.95. The summed E-state index contributed by atoms with van der Waals surface area (Å²) in [4.78, 5) is 14.8. The Morgan fingerprint density at radius 3 is 2.63 bits per heavy atom. The normalized spacial score (nSPS) is 25.7. The van der Waals surface area contributed by atoms with Gasteiger partial charge in [-0.1, -0.05) is 19.8 Å². The number of aliphatic hydroxyl groups is 1. The maximum Gasteiger partial charge on any atom is 0.228 e. The van der Waals surface area contributed by atoms with E-state index in [1.165, 1.54) is 19.3 Å². The topological polar surface area (TPSA) is 52.6 Å². The summed E-state index contributed by atoms with van der Waals surface area (Å²) in [6.07, 6.45) is 7.69. The van der Waals surface area contributed by atoms with E-state index in [9.17, 15) is 9.90 Å². The Bertz CT molecular complexity index is 295. The van der Waals surface area contributed by atoms with Crippen LogP contribution in [0.1, 0.15) is 51.9 Å². The Kier molecular flexibility index (Phi) is 5.22. The molecule has 0 radical (unpaired) electrons. The average molecular weight is 268 g/mol. The summed E-state index contributed by atoms with van der Waals surface area (Å²) in [6.45, 7) is 4.51. The first kappa shape index (κ1) is 14.8. The van der Waals surface area contributed by atoms with Crippen LogP contribution in [0.25, 0.3) is 0 Å². The van der Waals surface area contributed by atoms with E-state index in [4.69, 9.17) is 0 Å². The number of aliphatic hydroxyl groups excluding tert-OH is 1. The molecule has 1 aliphatic carbocycles. The molecule has 1 heterocycles. The zero-order valence-corrected chi connectivity index (χ0v) is 12.2. The first-order chi connectivity index (χ1) is 9.22. The lowest BCUT2D eigenvalue weighted by molar-refractivity contribution is -0.143. The van der Waals surface area contributed by atoms with Crippen LogP contribution in [-0.4, -0.2) is 48.2 Å². The van der Waals surface area contributed by atoms with Gasteiger partial charge < -0.3 is 15.3 Å². The highest BCUT2D eigenvalue weighted by atomic mass is 16.3. The molecule has 4 nitrogen and oxygen atoms in total. The van der Waals surface area contributed by atoms with Gasteiger partial charge in [-0.05, 0) is 38.6 Å². The Morgan fingerprint density at radius 1 is 1.37 bits per heavy atom. The molecule has 0 aromatic rings. The first-order valence-corrected chi connectivity index (χ1v) is 7.85. The molecule has 1 saturated carbocycles. The van der Waals surface area contributed by atoms with Crippen LogP contribution in [0.15, 0.2) is 0 Å². The number of carbonyl (C=O) groups excluding carboxylic acids is 1. The fourth-order valence-corrected chi connectivity index (χ4v) is 3.68. The van der Waals surface area contributed by atoms with E-state index in [2.05, 4.69) is 12.2 Å². The summed E-state index contributed by atoms with van der Waals surface area (Å²) >= 11 is 0. The minimum absolute atomic E-state index is 0.0677. The van der Waals surface area contributed by atoms with Gasteiger partial charge in [0.25, 0.3) is 0 Å². The zero-order chi connectivity index (χ0) is 13.7. The number of hydrogen-bond acceptors (Lipinski definition) is 3. The minimum atomic E-state index is -0.131. The van der Waals surface area contributed by atoms with Gasteiger partial charge in [-0.3, -0.25) is 4.79 Å². The van der Waals surface area contributed by atoms with Crippen molar-refractivity contribution in [1.82, 2.24) is 10.2 Å². The lowest BCUT2D eigenvalue weighted by atomic mass is 9.81. The van der Waals surface area contributed by atoms with Crippen LogP contribution in [0.3, 0.4) is 0 Å². The predicted molar refractivity (Wildman–Crippen MR) is 75.9 cm³/mol. The number of nitrogens with one attached hydrogen (secondary N) is 1. The molecule has 2 aliphatic rings. The Labute approximate surface area is 116 Å². The van der Waals surface area contributed by atoms with Gasteiger partial charge in [0.15, 0.2) is 0 Å². The van der Waals surface area contributed by atoms with Crippen LogP contribution in [-0.2, 0) is 4.79 Å². The van der Waals surface area contributed by atoms with Gasteiger partial charge in [-0.2, -0.15) is 0 Å². The smallest absolute Gasteiger partial charge is 0.228 e. The molecule has 1 atom stereocenters. The van der Waals surface area contributed by atoms with E-state index in [1.54, 1.807) is 0 Å². The van der Waals surface area contributed by atoms with Gasteiger partial charge in [0.1, 0.15) is 0 Å². The highest BCUT2D eigenvalue weighted by molar-refractivity contribution is 5.83. The van der Waals surface area contributed by atoms with Crippen molar-refractivity contribution in [3.8, 4) is 0 Å². The van der Waals surface area contributed by atoms with Crippen molar-refractivity contribution in [3.05, 3.63) is 0 Å². The van der Waals surface area contributed by atoms with Gasteiger partial charge >= 0.3 is 0 Å². The van der Waals surface area contributed by atoms with Crippen molar-refractivity contribution in [2.24, 2.45) is 5.41 Å². The van der Waals surface area contributed by atoms with Gasteiger partial charge in [-0.15, -0.1) is 0 Å². The number of carbonyl (C=O) groups is 1. The van der Waals surface area contributed by atoms with Crippen molar-refractivity contribution in [3.63, 3.8) is 0 Å². The first-order valence-electron chi connectivity index (χ1n) is 7.85. The molecule has 1 aliphatic heterocycles. The third-order valence-corrected chi connectivity index (χ3v) is 4.95. The second-order valence-corrected chi connectivity index (χ2v) is 6.11. The van der Waals surface area contributed by atoms with Gasteiger partial charge in [-0.25, -0.2) is 0 Å². The molecule has 2 rings (SSSR count). The fraction of sp³-hybridized carbons (Fsp3) is 0.933. The van der Waals surface area contributed by atoms with Crippen LogP contribution in [0.5, 0.6) is 0 Å². The van der Waals surface area contributed by atoms with E-state index in [-0.39, 0.29) is 17.9 Å². The van der Waals surface area contributed by atoms with Crippen LogP contribution < -0.4 is 5.32 Å². The monoisotopic (exact) mass is 268 g/mol. The molecule has 4 heteroatoms. The summed E-state index contributed by atoms with van der Waals surface area (Å²) < 4.78 is 0. The number of rotatable bonds is 6. The van der Waals surface area contributed by atoms with Crippen molar-refractivity contribution in [1.29, 1.82) is 0 Å². The molecule has 1 saturated heterocycles. The molecule has 110 valence electrons. The number of amides is 1. The summed E-state index contributed by atoms with van der Waals surface area (Å²) in [6, 6.07) is 0.422. The standard InChI is InChI=1S/C15H28N2O2/c1-2-15(7-3-4-8-15)14(19)17(10-11-18)12-13-6-5-9-16-13/h13,16,18H,2-12H2,1H3. The Morgan fingerprint density at radius 2 is 2.11 bits per heavy atom. The van der Waals surface area contributed by atoms with Gasteiger partial charge in [0, 0.05) is 24.5 Å². The van der Waals surface area contributed by atoms with Crippen molar-refractivity contribution >= 4 is 5.91 Å². The van der Waals surface area contributed by atoms with Crippen molar-refractivity contribution in [2.75, 3.05) is 26.2 Å². The largest absolute Gasteiger partial charge is 0.395 e.